The summed E-state index contributed by atoms with van der Waals surface area (Å²) in [6.45, 7) is 1.02. The van der Waals surface area contributed by atoms with Gasteiger partial charge >= 0.3 is 6.18 Å². The first kappa shape index (κ1) is 15.9. The standard InChI is InChI=1S/C15H13ClF3N3O/c16-11-8-20-6-4-12(11)23-10-5-7-22(9-10)14-3-1-2-13(21-14)15(17,18)19/h1-4,6,8,10H,5,7,9H2. The smallest absolute Gasteiger partial charge is 0.433 e. The molecule has 0 N–H and O–H groups in total. The van der Waals surface area contributed by atoms with Crippen molar-refractivity contribution < 1.29 is 17.9 Å². The number of rotatable bonds is 3. The largest absolute Gasteiger partial charge is 0.487 e. The molecule has 1 saturated heterocycles. The molecule has 122 valence electrons. The van der Waals surface area contributed by atoms with Gasteiger partial charge in [0.1, 0.15) is 28.4 Å². The summed E-state index contributed by atoms with van der Waals surface area (Å²) in [7, 11) is 0. The zero-order valence-corrected chi connectivity index (χ0v) is 12.7. The van der Waals surface area contributed by atoms with E-state index in [4.69, 9.17) is 16.3 Å². The number of halogens is 4. The number of hydrogen-bond donors (Lipinski definition) is 0. The van der Waals surface area contributed by atoms with Crippen LogP contribution in [0.1, 0.15) is 12.1 Å². The molecule has 2 aromatic rings. The number of hydrogen-bond acceptors (Lipinski definition) is 4. The minimum atomic E-state index is -4.45. The van der Waals surface area contributed by atoms with Gasteiger partial charge in [-0.1, -0.05) is 17.7 Å². The van der Waals surface area contributed by atoms with Crippen molar-refractivity contribution in [3.63, 3.8) is 0 Å². The fourth-order valence-electron chi connectivity index (χ4n) is 2.43. The predicted octanol–water partition coefficient (Wildman–Crippen LogP) is 3.81. The van der Waals surface area contributed by atoms with E-state index in [-0.39, 0.29) is 6.10 Å². The minimum Gasteiger partial charge on any atom is -0.487 e. The Bertz CT molecular complexity index is 696. The molecule has 0 saturated carbocycles. The van der Waals surface area contributed by atoms with Gasteiger partial charge in [0.05, 0.1) is 6.54 Å². The van der Waals surface area contributed by atoms with E-state index in [0.29, 0.717) is 36.1 Å². The van der Waals surface area contributed by atoms with Crippen molar-refractivity contribution in [1.29, 1.82) is 0 Å². The molecule has 3 rings (SSSR count). The predicted molar refractivity (Wildman–Crippen MR) is 79.7 cm³/mol. The molecule has 3 heterocycles. The quantitative estimate of drug-likeness (QED) is 0.849. The lowest BCUT2D eigenvalue weighted by Crippen LogP contribution is -2.26. The Hall–Kier alpha value is -2.02. The topological polar surface area (TPSA) is 38.2 Å². The number of anilines is 1. The number of nitrogens with zero attached hydrogens (tertiary/aromatic N) is 3. The first-order chi connectivity index (χ1) is 10.9. The Morgan fingerprint density at radius 2 is 2.09 bits per heavy atom. The summed E-state index contributed by atoms with van der Waals surface area (Å²) in [6.07, 6.45) is -0.876. The van der Waals surface area contributed by atoms with E-state index in [0.717, 1.165) is 6.07 Å². The third-order valence-corrected chi connectivity index (χ3v) is 3.81. The molecule has 1 fully saturated rings. The van der Waals surface area contributed by atoms with E-state index in [1.165, 1.54) is 12.3 Å². The fourth-order valence-corrected chi connectivity index (χ4v) is 2.59. The second-order valence-corrected chi connectivity index (χ2v) is 5.57. The second kappa shape index (κ2) is 6.23. The highest BCUT2D eigenvalue weighted by molar-refractivity contribution is 6.31. The molecule has 0 spiro atoms. The monoisotopic (exact) mass is 343 g/mol. The van der Waals surface area contributed by atoms with Crippen LogP contribution in [0.2, 0.25) is 5.02 Å². The van der Waals surface area contributed by atoms with Gasteiger partial charge < -0.3 is 9.64 Å². The molecule has 0 aromatic carbocycles. The molecular weight excluding hydrogens is 331 g/mol. The van der Waals surface area contributed by atoms with Gasteiger partial charge in [-0.05, 0) is 12.1 Å². The summed E-state index contributed by atoms with van der Waals surface area (Å²) in [4.78, 5) is 9.34. The van der Waals surface area contributed by atoms with Crippen LogP contribution in [-0.4, -0.2) is 29.2 Å². The zero-order valence-electron chi connectivity index (χ0n) is 11.9. The van der Waals surface area contributed by atoms with Gasteiger partial charge in [-0.2, -0.15) is 13.2 Å². The maximum atomic E-state index is 12.7. The van der Waals surface area contributed by atoms with Gasteiger partial charge in [0.25, 0.3) is 0 Å². The SMILES string of the molecule is FC(F)(F)c1cccc(N2CCC(Oc3ccncc3Cl)C2)n1. The van der Waals surface area contributed by atoms with Gasteiger partial charge in [0.15, 0.2) is 0 Å². The summed E-state index contributed by atoms with van der Waals surface area (Å²) < 4.78 is 44.0. The van der Waals surface area contributed by atoms with Crippen LogP contribution >= 0.6 is 11.6 Å². The van der Waals surface area contributed by atoms with Crippen LogP contribution in [0.3, 0.4) is 0 Å². The highest BCUT2D eigenvalue weighted by Crippen LogP contribution is 2.30. The average Bonchev–Trinajstić information content (AvgIpc) is 2.98. The summed E-state index contributed by atoms with van der Waals surface area (Å²) in [5.41, 5.74) is -0.892. The van der Waals surface area contributed by atoms with Crippen molar-refractivity contribution in [1.82, 2.24) is 9.97 Å². The molecule has 0 aliphatic carbocycles. The van der Waals surface area contributed by atoms with Crippen LogP contribution in [0.15, 0.2) is 36.7 Å². The Labute approximate surface area is 135 Å². The number of pyridine rings is 2. The first-order valence-electron chi connectivity index (χ1n) is 6.99. The maximum Gasteiger partial charge on any atom is 0.433 e. The van der Waals surface area contributed by atoms with Crippen molar-refractivity contribution in [2.24, 2.45) is 0 Å². The van der Waals surface area contributed by atoms with Crippen LogP contribution < -0.4 is 9.64 Å². The number of aromatic nitrogens is 2. The molecule has 4 nitrogen and oxygen atoms in total. The van der Waals surface area contributed by atoms with Crippen molar-refractivity contribution in [3.8, 4) is 5.75 Å². The highest BCUT2D eigenvalue weighted by Gasteiger charge is 2.33. The van der Waals surface area contributed by atoms with Gasteiger partial charge in [-0.15, -0.1) is 0 Å². The molecule has 1 aliphatic rings. The summed E-state index contributed by atoms with van der Waals surface area (Å²) in [5, 5.41) is 0.406. The van der Waals surface area contributed by atoms with E-state index in [1.54, 1.807) is 23.2 Å². The van der Waals surface area contributed by atoms with Crippen molar-refractivity contribution in [3.05, 3.63) is 47.4 Å². The normalized spacial score (nSPS) is 18.3. The van der Waals surface area contributed by atoms with Crippen LogP contribution in [0.4, 0.5) is 19.0 Å². The maximum absolute atomic E-state index is 12.7. The molecule has 1 aliphatic heterocycles. The van der Waals surface area contributed by atoms with Gasteiger partial charge in [-0.3, -0.25) is 4.98 Å². The van der Waals surface area contributed by atoms with Crippen molar-refractivity contribution in [2.75, 3.05) is 18.0 Å². The lowest BCUT2D eigenvalue weighted by atomic mass is 10.3. The lowest BCUT2D eigenvalue weighted by molar-refractivity contribution is -0.141. The number of ether oxygens (including phenoxy) is 1. The average molecular weight is 344 g/mol. The Morgan fingerprint density at radius 1 is 1.26 bits per heavy atom. The van der Waals surface area contributed by atoms with Gasteiger partial charge in [-0.25, -0.2) is 4.98 Å². The Balaban J connectivity index is 1.69. The molecule has 1 unspecified atom stereocenters. The molecule has 1 atom stereocenters. The summed E-state index contributed by atoms with van der Waals surface area (Å²) in [6, 6.07) is 5.55. The third-order valence-electron chi connectivity index (χ3n) is 3.52. The molecule has 8 heteroatoms. The van der Waals surface area contributed by atoms with E-state index in [9.17, 15) is 13.2 Å². The molecule has 0 bridgehead atoms. The Morgan fingerprint density at radius 3 is 2.83 bits per heavy atom. The van der Waals surface area contributed by atoms with Crippen LogP contribution in [0.25, 0.3) is 0 Å². The zero-order chi connectivity index (χ0) is 16.4. The summed E-state index contributed by atoms with van der Waals surface area (Å²) >= 11 is 5.99. The van der Waals surface area contributed by atoms with E-state index in [1.807, 2.05) is 0 Å². The second-order valence-electron chi connectivity index (χ2n) is 5.16. The van der Waals surface area contributed by atoms with E-state index < -0.39 is 11.9 Å². The van der Waals surface area contributed by atoms with Crippen LogP contribution in [0.5, 0.6) is 5.75 Å². The third kappa shape index (κ3) is 3.67. The van der Waals surface area contributed by atoms with Gasteiger partial charge in [0.2, 0.25) is 0 Å². The highest BCUT2D eigenvalue weighted by atomic mass is 35.5. The molecule has 0 radical (unpaired) electrons. The lowest BCUT2D eigenvalue weighted by Gasteiger charge is -2.19. The first-order valence-corrected chi connectivity index (χ1v) is 7.36. The Kier molecular flexibility index (Phi) is 4.30. The molecule has 23 heavy (non-hydrogen) atoms. The minimum absolute atomic E-state index is 0.161. The van der Waals surface area contributed by atoms with Crippen molar-refractivity contribution in [2.45, 2.75) is 18.7 Å². The molecule has 2 aromatic heterocycles. The fraction of sp³-hybridized carbons (Fsp3) is 0.333. The number of alkyl halides is 3. The molecular formula is C15H13ClF3N3O. The molecule has 0 amide bonds. The van der Waals surface area contributed by atoms with Crippen molar-refractivity contribution >= 4 is 17.4 Å². The van der Waals surface area contributed by atoms with Crippen LogP contribution in [-0.2, 0) is 6.18 Å². The van der Waals surface area contributed by atoms with Gasteiger partial charge in [0, 0.05) is 31.4 Å². The van der Waals surface area contributed by atoms with E-state index >= 15 is 0 Å². The summed E-state index contributed by atoms with van der Waals surface area (Å²) in [5.74, 6) is 0.817. The van der Waals surface area contributed by atoms with Crippen LogP contribution in [0, 0.1) is 0 Å². The van der Waals surface area contributed by atoms with E-state index in [2.05, 4.69) is 9.97 Å².